The van der Waals surface area contributed by atoms with Crippen LogP contribution in [0.4, 0.5) is 0 Å². The molecule has 0 radical (unpaired) electrons. The second kappa shape index (κ2) is 5.85. The predicted molar refractivity (Wildman–Crippen MR) is 76.5 cm³/mol. The first kappa shape index (κ1) is 13.6. The first-order valence-corrected chi connectivity index (χ1v) is 6.14. The normalized spacial score (nSPS) is 10.1. The van der Waals surface area contributed by atoms with Crippen LogP contribution in [0.5, 0.6) is 17.2 Å². The summed E-state index contributed by atoms with van der Waals surface area (Å²) < 4.78 is 16.1. The standard InChI is InChI=1S/C15H15ClO3/c1-17-13-9-8-12(14(18-2)15(13)19-3)10-4-6-11(16)7-5-10/h4-9H,1-3H3. The van der Waals surface area contributed by atoms with Crippen LogP contribution < -0.4 is 14.2 Å². The lowest BCUT2D eigenvalue weighted by Gasteiger charge is -2.15. The number of hydrogen-bond donors (Lipinski definition) is 0. The van der Waals surface area contributed by atoms with Crippen molar-refractivity contribution < 1.29 is 14.2 Å². The van der Waals surface area contributed by atoms with Gasteiger partial charge in [0.2, 0.25) is 5.75 Å². The van der Waals surface area contributed by atoms with Gasteiger partial charge in [0.05, 0.1) is 21.3 Å². The fraction of sp³-hybridized carbons (Fsp3) is 0.200. The van der Waals surface area contributed by atoms with Gasteiger partial charge in [-0.05, 0) is 29.8 Å². The summed E-state index contributed by atoms with van der Waals surface area (Å²) in [5, 5.41) is 0.697. The van der Waals surface area contributed by atoms with E-state index in [1.165, 1.54) is 0 Å². The maximum absolute atomic E-state index is 5.90. The molecule has 100 valence electrons. The zero-order valence-corrected chi connectivity index (χ0v) is 11.8. The minimum absolute atomic E-state index is 0.581. The van der Waals surface area contributed by atoms with Gasteiger partial charge >= 0.3 is 0 Å². The minimum Gasteiger partial charge on any atom is -0.493 e. The smallest absolute Gasteiger partial charge is 0.203 e. The van der Waals surface area contributed by atoms with Crippen molar-refractivity contribution in [3.63, 3.8) is 0 Å². The Balaban J connectivity index is 2.60. The highest BCUT2D eigenvalue weighted by Crippen LogP contribution is 2.44. The first-order chi connectivity index (χ1) is 9.21. The maximum atomic E-state index is 5.90. The van der Waals surface area contributed by atoms with E-state index in [2.05, 4.69) is 0 Å². The highest BCUT2D eigenvalue weighted by molar-refractivity contribution is 6.30. The van der Waals surface area contributed by atoms with Gasteiger partial charge in [-0.25, -0.2) is 0 Å². The molecule has 0 atom stereocenters. The van der Waals surface area contributed by atoms with Gasteiger partial charge in [0.25, 0.3) is 0 Å². The molecular formula is C15H15ClO3. The fourth-order valence-electron chi connectivity index (χ4n) is 1.96. The molecule has 0 bridgehead atoms. The molecule has 0 aliphatic heterocycles. The predicted octanol–water partition coefficient (Wildman–Crippen LogP) is 4.03. The lowest BCUT2D eigenvalue weighted by Crippen LogP contribution is -1.96. The van der Waals surface area contributed by atoms with Crippen molar-refractivity contribution in [2.24, 2.45) is 0 Å². The molecule has 0 unspecified atom stereocenters. The molecule has 2 aromatic carbocycles. The number of benzene rings is 2. The van der Waals surface area contributed by atoms with Crippen molar-refractivity contribution in [1.82, 2.24) is 0 Å². The van der Waals surface area contributed by atoms with E-state index in [9.17, 15) is 0 Å². The molecule has 2 rings (SSSR count). The summed E-state index contributed by atoms with van der Waals surface area (Å²) in [5.74, 6) is 1.86. The maximum Gasteiger partial charge on any atom is 0.203 e. The number of halogens is 1. The molecule has 0 aliphatic rings. The number of ether oxygens (including phenoxy) is 3. The molecule has 0 heterocycles. The molecule has 0 saturated heterocycles. The van der Waals surface area contributed by atoms with Crippen molar-refractivity contribution in [2.45, 2.75) is 0 Å². The molecule has 19 heavy (non-hydrogen) atoms. The summed E-state index contributed by atoms with van der Waals surface area (Å²) in [6, 6.07) is 11.3. The molecule has 3 nitrogen and oxygen atoms in total. The van der Waals surface area contributed by atoms with E-state index in [1.807, 2.05) is 36.4 Å². The van der Waals surface area contributed by atoms with Crippen LogP contribution >= 0.6 is 11.6 Å². The molecule has 0 spiro atoms. The SMILES string of the molecule is COc1ccc(-c2ccc(Cl)cc2)c(OC)c1OC. The van der Waals surface area contributed by atoms with E-state index < -0.39 is 0 Å². The first-order valence-electron chi connectivity index (χ1n) is 5.76. The van der Waals surface area contributed by atoms with E-state index in [0.717, 1.165) is 11.1 Å². The molecule has 4 heteroatoms. The molecule has 0 amide bonds. The molecule has 2 aromatic rings. The zero-order valence-electron chi connectivity index (χ0n) is 11.1. The third-order valence-electron chi connectivity index (χ3n) is 2.86. The van der Waals surface area contributed by atoms with Crippen LogP contribution in [0.15, 0.2) is 36.4 Å². The van der Waals surface area contributed by atoms with Gasteiger partial charge in [-0.15, -0.1) is 0 Å². The number of hydrogen-bond acceptors (Lipinski definition) is 3. The van der Waals surface area contributed by atoms with Gasteiger partial charge in [0.15, 0.2) is 11.5 Å². The summed E-state index contributed by atoms with van der Waals surface area (Å²) >= 11 is 5.90. The third kappa shape index (κ3) is 2.61. The Morgan fingerprint density at radius 3 is 1.89 bits per heavy atom. The Morgan fingerprint density at radius 1 is 0.737 bits per heavy atom. The van der Waals surface area contributed by atoms with E-state index >= 15 is 0 Å². The summed E-state index contributed by atoms with van der Waals surface area (Å²) in [7, 11) is 4.79. The lowest BCUT2D eigenvalue weighted by atomic mass is 10.0. The largest absolute Gasteiger partial charge is 0.493 e. The number of rotatable bonds is 4. The van der Waals surface area contributed by atoms with Crippen LogP contribution in [0.25, 0.3) is 11.1 Å². The van der Waals surface area contributed by atoms with Gasteiger partial charge in [0, 0.05) is 10.6 Å². The molecule has 0 aliphatic carbocycles. The van der Waals surface area contributed by atoms with Crippen LogP contribution in [0.3, 0.4) is 0 Å². The topological polar surface area (TPSA) is 27.7 Å². The van der Waals surface area contributed by atoms with Crippen LogP contribution in [0, 0.1) is 0 Å². The Labute approximate surface area is 117 Å². The summed E-state index contributed by atoms with van der Waals surface area (Å²) in [6.07, 6.45) is 0. The molecule has 0 aromatic heterocycles. The van der Waals surface area contributed by atoms with Crippen LogP contribution in [-0.4, -0.2) is 21.3 Å². The second-order valence-electron chi connectivity index (χ2n) is 3.89. The van der Waals surface area contributed by atoms with E-state index in [1.54, 1.807) is 21.3 Å². The summed E-state index contributed by atoms with van der Waals surface area (Å²) in [6.45, 7) is 0. The van der Waals surface area contributed by atoms with Gasteiger partial charge in [0.1, 0.15) is 0 Å². The van der Waals surface area contributed by atoms with E-state index in [4.69, 9.17) is 25.8 Å². The average molecular weight is 279 g/mol. The highest BCUT2D eigenvalue weighted by Gasteiger charge is 2.16. The van der Waals surface area contributed by atoms with E-state index in [-0.39, 0.29) is 0 Å². The van der Waals surface area contributed by atoms with E-state index in [0.29, 0.717) is 22.3 Å². The summed E-state index contributed by atoms with van der Waals surface area (Å²) in [4.78, 5) is 0. The van der Waals surface area contributed by atoms with Crippen LogP contribution in [0.2, 0.25) is 5.02 Å². The van der Waals surface area contributed by atoms with Crippen molar-refractivity contribution >= 4 is 11.6 Å². The van der Waals surface area contributed by atoms with Crippen LogP contribution in [-0.2, 0) is 0 Å². The Kier molecular flexibility index (Phi) is 4.17. The van der Waals surface area contributed by atoms with Gasteiger partial charge < -0.3 is 14.2 Å². The molecule has 0 saturated carbocycles. The molecule has 0 fully saturated rings. The molecular weight excluding hydrogens is 264 g/mol. The Morgan fingerprint density at radius 2 is 1.37 bits per heavy atom. The average Bonchev–Trinajstić information content (AvgIpc) is 2.46. The zero-order chi connectivity index (χ0) is 13.8. The lowest BCUT2D eigenvalue weighted by molar-refractivity contribution is 0.325. The van der Waals surface area contributed by atoms with Gasteiger partial charge in [-0.1, -0.05) is 23.7 Å². The quantitative estimate of drug-likeness (QED) is 0.845. The third-order valence-corrected chi connectivity index (χ3v) is 3.11. The van der Waals surface area contributed by atoms with Gasteiger partial charge in [-0.2, -0.15) is 0 Å². The highest BCUT2D eigenvalue weighted by atomic mass is 35.5. The molecule has 0 N–H and O–H groups in total. The monoisotopic (exact) mass is 278 g/mol. The minimum atomic E-state index is 0.581. The summed E-state index contributed by atoms with van der Waals surface area (Å²) in [5.41, 5.74) is 1.93. The Hall–Kier alpha value is -1.87. The van der Waals surface area contributed by atoms with Crippen molar-refractivity contribution in [2.75, 3.05) is 21.3 Å². The van der Waals surface area contributed by atoms with Crippen molar-refractivity contribution in [3.8, 4) is 28.4 Å². The van der Waals surface area contributed by atoms with Crippen LogP contribution in [0.1, 0.15) is 0 Å². The number of methoxy groups -OCH3 is 3. The van der Waals surface area contributed by atoms with Crippen molar-refractivity contribution in [3.05, 3.63) is 41.4 Å². The second-order valence-corrected chi connectivity index (χ2v) is 4.33. The van der Waals surface area contributed by atoms with Crippen molar-refractivity contribution in [1.29, 1.82) is 0 Å². The van der Waals surface area contributed by atoms with Gasteiger partial charge in [-0.3, -0.25) is 0 Å². The Bertz CT molecular complexity index is 564. The fourth-order valence-corrected chi connectivity index (χ4v) is 2.08.